The number of hydrogen-bond donors (Lipinski definition) is 2. The average Bonchev–Trinajstić information content (AvgIpc) is 2.72. The summed E-state index contributed by atoms with van der Waals surface area (Å²) in [5, 5.41) is 6.84. The van der Waals surface area contributed by atoms with E-state index in [1.54, 1.807) is 0 Å². The van der Waals surface area contributed by atoms with Gasteiger partial charge in [0.2, 0.25) is 0 Å². The summed E-state index contributed by atoms with van der Waals surface area (Å²) in [6, 6.07) is 10.7. The fourth-order valence-corrected chi connectivity index (χ4v) is 3.46. The lowest BCUT2D eigenvalue weighted by Gasteiger charge is -2.34. The van der Waals surface area contributed by atoms with Crippen LogP contribution in [0.3, 0.4) is 0 Å². The van der Waals surface area contributed by atoms with Crippen molar-refractivity contribution in [2.75, 3.05) is 58.9 Å². The Morgan fingerprint density at radius 3 is 2.32 bits per heavy atom. The van der Waals surface area contributed by atoms with E-state index >= 15 is 0 Å². The van der Waals surface area contributed by atoms with Gasteiger partial charge in [0.15, 0.2) is 5.96 Å². The summed E-state index contributed by atoms with van der Waals surface area (Å²) in [5.74, 6) is 0.960. The minimum absolute atomic E-state index is 0. The summed E-state index contributed by atoms with van der Waals surface area (Å²) in [7, 11) is 0. The highest BCUT2D eigenvalue weighted by Gasteiger charge is 2.14. The highest BCUT2D eigenvalue weighted by molar-refractivity contribution is 14.0. The smallest absolute Gasteiger partial charge is 0.191 e. The molecule has 0 saturated carbocycles. The number of unbranched alkanes of at least 4 members (excludes halogenated alkanes) is 1. The van der Waals surface area contributed by atoms with Crippen molar-refractivity contribution in [3.05, 3.63) is 35.9 Å². The lowest BCUT2D eigenvalue weighted by molar-refractivity contribution is 0.136. The maximum Gasteiger partial charge on any atom is 0.191 e. The molecule has 160 valence electrons. The molecule has 2 N–H and O–H groups in total. The normalized spacial score (nSPS) is 15.9. The van der Waals surface area contributed by atoms with E-state index in [0.717, 1.165) is 38.4 Å². The first-order chi connectivity index (χ1) is 13.3. The number of aryl methyl sites for hydroxylation is 1. The van der Waals surface area contributed by atoms with E-state index in [2.05, 4.69) is 64.6 Å². The molecule has 0 spiro atoms. The number of piperazine rings is 1. The van der Waals surface area contributed by atoms with E-state index in [9.17, 15) is 0 Å². The zero-order valence-electron chi connectivity index (χ0n) is 17.8. The van der Waals surface area contributed by atoms with Crippen LogP contribution in [0.5, 0.6) is 0 Å². The molecule has 0 amide bonds. The number of rotatable bonds is 11. The number of likely N-dealkylation sites (N-methyl/N-ethyl adjacent to an activating group) is 1. The van der Waals surface area contributed by atoms with Gasteiger partial charge in [0.25, 0.3) is 0 Å². The monoisotopic (exact) mass is 501 g/mol. The fourth-order valence-electron chi connectivity index (χ4n) is 3.46. The summed E-state index contributed by atoms with van der Waals surface area (Å²) in [5.41, 5.74) is 1.39. The first-order valence-corrected chi connectivity index (χ1v) is 10.8. The molecule has 28 heavy (non-hydrogen) atoms. The third-order valence-corrected chi connectivity index (χ3v) is 5.19. The summed E-state index contributed by atoms with van der Waals surface area (Å²) in [4.78, 5) is 9.86. The van der Waals surface area contributed by atoms with Crippen LogP contribution in [-0.4, -0.2) is 74.7 Å². The third kappa shape index (κ3) is 10.6. The number of nitrogens with zero attached hydrogens (tertiary/aromatic N) is 3. The van der Waals surface area contributed by atoms with E-state index in [-0.39, 0.29) is 24.0 Å². The minimum atomic E-state index is 0. The lowest BCUT2D eigenvalue weighted by atomic mass is 10.1. The van der Waals surface area contributed by atoms with Crippen molar-refractivity contribution in [3.63, 3.8) is 0 Å². The van der Waals surface area contributed by atoms with Crippen molar-refractivity contribution in [1.29, 1.82) is 0 Å². The second kappa shape index (κ2) is 16.0. The van der Waals surface area contributed by atoms with Crippen molar-refractivity contribution in [3.8, 4) is 0 Å². The number of halogens is 1. The molecule has 6 heteroatoms. The van der Waals surface area contributed by atoms with Gasteiger partial charge in [0, 0.05) is 45.8 Å². The molecule has 0 bridgehead atoms. The van der Waals surface area contributed by atoms with Crippen molar-refractivity contribution in [2.24, 2.45) is 4.99 Å². The molecular weight excluding hydrogens is 461 g/mol. The molecule has 1 saturated heterocycles. The highest BCUT2D eigenvalue weighted by atomic mass is 127. The number of nitrogens with one attached hydrogen (secondary N) is 2. The maximum atomic E-state index is 4.71. The van der Waals surface area contributed by atoms with Crippen LogP contribution in [0.1, 0.15) is 38.7 Å². The van der Waals surface area contributed by atoms with E-state index in [1.807, 2.05) is 0 Å². The largest absolute Gasteiger partial charge is 0.357 e. The van der Waals surface area contributed by atoms with Crippen LogP contribution in [0.4, 0.5) is 0 Å². The predicted molar refractivity (Wildman–Crippen MR) is 132 cm³/mol. The van der Waals surface area contributed by atoms with Gasteiger partial charge in [-0.25, -0.2) is 0 Å². The van der Waals surface area contributed by atoms with Gasteiger partial charge in [0.05, 0.1) is 0 Å². The Balaban J connectivity index is 0.00000392. The van der Waals surface area contributed by atoms with E-state index in [4.69, 9.17) is 4.99 Å². The maximum absolute atomic E-state index is 4.71. The van der Waals surface area contributed by atoms with Crippen LogP contribution in [0.25, 0.3) is 0 Å². The molecule has 0 radical (unpaired) electrons. The van der Waals surface area contributed by atoms with E-state index in [0.29, 0.717) is 0 Å². The fraction of sp³-hybridized carbons (Fsp3) is 0.682. The van der Waals surface area contributed by atoms with Crippen molar-refractivity contribution >= 4 is 29.9 Å². The van der Waals surface area contributed by atoms with Crippen LogP contribution in [0, 0.1) is 0 Å². The average molecular weight is 502 g/mol. The van der Waals surface area contributed by atoms with Gasteiger partial charge in [-0.1, -0.05) is 37.3 Å². The zero-order chi connectivity index (χ0) is 19.2. The Hall–Kier alpha value is -0.860. The van der Waals surface area contributed by atoms with Crippen LogP contribution >= 0.6 is 24.0 Å². The molecular formula is C22H40IN5. The number of benzene rings is 1. The third-order valence-electron chi connectivity index (χ3n) is 5.19. The second-order valence-corrected chi connectivity index (χ2v) is 7.26. The van der Waals surface area contributed by atoms with Gasteiger partial charge in [-0.3, -0.25) is 4.99 Å². The van der Waals surface area contributed by atoms with Crippen LogP contribution in [0.15, 0.2) is 35.3 Å². The molecule has 1 aromatic rings. The van der Waals surface area contributed by atoms with Crippen LogP contribution in [0.2, 0.25) is 0 Å². The van der Waals surface area contributed by atoms with Gasteiger partial charge >= 0.3 is 0 Å². The number of guanidine groups is 1. The van der Waals surface area contributed by atoms with Gasteiger partial charge in [-0.15, -0.1) is 24.0 Å². The lowest BCUT2D eigenvalue weighted by Crippen LogP contribution is -2.46. The van der Waals surface area contributed by atoms with Gasteiger partial charge < -0.3 is 20.4 Å². The minimum Gasteiger partial charge on any atom is -0.357 e. The molecule has 1 aromatic carbocycles. The molecule has 0 aromatic heterocycles. The number of aliphatic imine (C=N–C) groups is 1. The Morgan fingerprint density at radius 2 is 1.64 bits per heavy atom. The summed E-state index contributed by atoms with van der Waals surface area (Å²) < 4.78 is 0. The summed E-state index contributed by atoms with van der Waals surface area (Å²) in [6.45, 7) is 14.5. The highest BCUT2D eigenvalue weighted by Crippen LogP contribution is 2.03. The topological polar surface area (TPSA) is 42.9 Å². The Morgan fingerprint density at radius 1 is 0.929 bits per heavy atom. The SMILES string of the molecule is CCNC(=NCCCc1ccccc1)NCCCCN1CCN(CC)CC1.I. The van der Waals surface area contributed by atoms with Crippen molar-refractivity contribution < 1.29 is 0 Å². The Kier molecular flexibility index (Phi) is 14.4. The van der Waals surface area contributed by atoms with E-state index < -0.39 is 0 Å². The quantitative estimate of drug-likeness (QED) is 0.212. The van der Waals surface area contributed by atoms with Crippen LogP contribution < -0.4 is 10.6 Å². The van der Waals surface area contributed by atoms with Crippen molar-refractivity contribution in [2.45, 2.75) is 39.5 Å². The zero-order valence-corrected chi connectivity index (χ0v) is 20.2. The molecule has 0 unspecified atom stereocenters. The molecule has 1 heterocycles. The molecule has 1 aliphatic heterocycles. The first kappa shape index (κ1) is 25.2. The standard InChI is InChI=1S/C22H39N5.HI/c1-3-23-22(25-15-10-13-21-11-6-5-7-12-21)24-14-8-9-16-27-19-17-26(4-2)18-20-27;/h5-7,11-12H,3-4,8-10,13-20H2,1-2H3,(H2,23,24,25);1H. The van der Waals surface area contributed by atoms with Gasteiger partial charge in [-0.05, 0) is 51.3 Å². The molecule has 0 atom stereocenters. The van der Waals surface area contributed by atoms with E-state index in [1.165, 1.54) is 57.7 Å². The molecule has 1 aliphatic rings. The van der Waals surface area contributed by atoms with Crippen LogP contribution in [-0.2, 0) is 6.42 Å². The molecule has 2 rings (SSSR count). The Labute approximate surface area is 189 Å². The molecule has 1 fully saturated rings. The first-order valence-electron chi connectivity index (χ1n) is 10.8. The predicted octanol–water partition coefficient (Wildman–Crippen LogP) is 3.21. The van der Waals surface area contributed by atoms with Crippen molar-refractivity contribution in [1.82, 2.24) is 20.4 Å². The number of hydrogen-bond acceptors (Lipinski definition) is 3. The molecule has 0 aliphatic carbocycles. The second-order valence-electron chi connectivity index (χ2n) is 7.26. The molecule has 5 nitrogen and oxygen atoms in total. The summed E-state index contributed by atoms with van der Waals surface area (Å²) in [6.07, 6.45) is 4.63. The summed E-state index contributed by atoms with van der Waals surface area (Å²) >= 11 is 0. The van der Waals surface area contributed by atoms with Gasteiger partial charge in [0.1, 0.15) is 0 Å². The van der Waals surface area contributed by atoms with Gasteiger partial charge in [-0.2, -0.15) is 0 Å². The Bertz CT molecular complexity index is 515.